The number of amides is 2. The molecule has 0 aromatic carbocycles. The number of nitrogens with one attached hydrogen (secondary N) is 1. The summed E-state index contributed by atoms with van der Waals surface area (Å²) in [5.41, 5.74) is 9.85. The van der Waals surface area contributed by atoms with E-state index in [1.54, 1.807) is 0 Å². The lowest BCUT2D eigenvalue weighted by molar-refractivity contribution is -0.120. The molecule has 0 aliphatic rings. The fourth-order valence-corrected chi connectivity index (χ4v) is 0.506. The molecular weight excluding hydrogens is 194 g/mol. The second-order valence-electron chi connectivity index (χ2n) is 2.48. The van der Waals surface area contributed by atoms with Gasteiger partial charge in [-0.2, -0.15) is 0 Å². The number of aliphatic hydroxyl groups excluding tert-OH is 2. The Bertz CT molecular complexity index is 210. The molecule has 0 saturated heterocycles. The molecule has 0 saturated carbocycles. The molecule has 0 heterocycles. The van der Waals surface area contributed by atoms with Gasteiger partial charge in [0.05, 0.1) is 12.6 Å². The van der Waals surface area contributed by atoms with Crippen LogP contribution in [0.25, 0.3) is 0 Å². The summed E-state index contributed by atoms with van der Waals surface area (Å²) in [6, 6.07) is -1.02. The summed E-state index contributed by atoms with van der Waals surface area (Å²) in [6.07, 6.45) is -2.49. The van der Waals surface area contributed by atoms with Crippen molar-refractivity contribution in [2.75, 3.05) is 13.2 Å². The van der Waals surface area contributed by atoms with Crippen molar-refractivity contribution in [2.24, 2.45) is 11.5 Å². The third-order valence-corrected chi connectivity index (χ3v) is 1.23. The van der Waals surface area contributed by atoms with Gasteiger partial charge in [0.25, 0.3) is 5.91 Å². The number of rotatable bonds is 5. The number of alkyl carbamates (subject to hydrolysis) is 1. The minimum Gasteiger partial charge on any atom is -0.439 e. The molecule has 0 rings (SSSR count). The summed E-state index contributed by atoms with van der Waals surface area (Å²) < 4.78 is 4.25. The first-order valence-corrected chi connectivity index (χ1v) is 3.73. The molecule has 7 N–H and O–H groups in total. The topological polar surface area (TPSA) is 148 Å². The number of nitrogens with two attached hydrogens (primary N) is 2. The van der Waals surface area contributed by atoms with Crippen LogP contribution in [-0.4, -0.2) is 47.7 Å². The van der Waals surface area contributed by atoms with Crippen molar-refractivity contribution in [1.29, 1.82) is 0 Å². The molecule has 8 nitrogen and oxygen atoms in total. The molecule has 0 radical (unpaired) electrons. The maximum absolute atomic E-state index is 10.7. The van der Waals surface area contributed by atoms with Crippen molar-refractivity contribution >= 4 is 12.0 Å². The van der Waals surface area contributed by atoms with E-state index in [-0.39, 0.29) is 0 Å². The zero-order chi connectivity index (χ0) is 11.1. The SMILES string of the molecule is NC(=O)COC(=O)NC(O)C(N)CO. The van der Waals surface area contributed by atoms with Crippen molar-refractivity contribution < 1.29 is 24.5 Å². The summed E-state index contributed by atoms with van der Waals surface area (Å²) in [6.45, 7) is -1.09. The Morgan fingerprint density at radius 3 is 2.50 bits per heavy atom. The zero-order valence-electron chi connectivity index (χ0n) is 7.34. The molecule has 0 aliphatic heterocycles. The summed E-state index contributed by atoms with van der Waals surface area (Å²) in [5, 5.41) is 19.4. The Morgan fingerprint density at radius 1 is 1.50 bits per heavy atom. The average Bonchev–Trinajstić information content (AvgIpc) is 2.13. The number of carbonyl (C=O) groups is 2. The first kappa shape index (κ1) is 12.6. The van der Waals surface area contributed by atoms with Gasteiger partial charge >= 0.3 is 6.09 Å². The largest absolute Gasteiger partial charge is 0.439 e. The monoisotopic (exact) mass is 207 g/mol. The Hall–Kier alpha value is -1.38. The standard InChI is InChI=1S/C6H13N3O5/c7-3(1-10)5(12)9-6(13)14-2-4(8)11/h3,5,10,12H,1-2,7H2,(H2,8,11)(H,9,13). The lowest BCUT2D eigenvalue weighted by atomic mass is 10.3. The van der Waals surface area contributed by atoms with E-state index in [0.717, 1.165) is 0 Å². The molecule has 82 valence electrons. The molecule has 8 heteroatoms. The van der Waals surface area contributed by atoms with Gasteiger partial charge in [-0.25, -0.2) is 4.79 Å². The Kier molecular flexibility index (Phi) is 5.53. The van der Waals surface area contributed by atoms with E-state index in [0.29, 0.717) is 0 Å². The summed E-state index contributed by atoms with van der Waals surface area (Å²) in [4.78, 5) is 20.9. The molecule has 0 aromatic rings. The number of carbonyl (C=O) groups excluding carboxylic acids is 2. The van der Waals surface area contributed by atoms with Crippen LogP contribution in [0.2, 0.25) is 0 Å². The average molecular weight is 207 g/mol. The molecule has 2 atom stereocenters. The lowest BCUT2D eigenvalue weighted by Gasteiger charge is -2.17. The molecule has 0 spiro atoms. The molecule has 0 aliphatic carbocycles. The highest BCUT2D eigenvalue weighted by Crippen LogP contribution is 1.86. The maximum atomic E-state index is 10.7. The summed E-state index contributed by atoms with van der Waals surface area (Å²) >= 11 is 0. The van der Waals surface area contributed by atoms with Crippen molar-refractivity contribution in [3.8, 4) is 0 Å². The van der Waals surface area contributed by atoms with Crippen LogP contribution in [0, 0.1) is 0 Å². The second-order valence-corrected chi connectivity index (χ2v) is 2.48. The predicted octanol–water partition coefficient (Wildman–Crippen LogP) is -3.16. The van der Waals surface area contributed by atoms with Gasteiger partial charge in [-0.1, -0.05) is 0 Å². The minimum atomic E-state index is -1.44. The number of hydrogen-bond acceptors (Lipinski definition) is 6. The van der Waals surface area contributed by atoms with Crippen LogP contribution >= 0.6 is 0 Å². The normalized spacial score (nSPS) is 14.2. The molecule has 14 heavy (non-hydrogen) atoms. The quantitative estimate of drug-likeness (QED) is 0.300. The molecular formula is C6H13N3O5. The van der Waals surface area contributed by atoms with Crippen molar-refractivity contribution in [2.45, 2.75) is 12.3 Å². The number of aliphatic hydroxyl groups is 2. The van der Waals surface area contributed by atoms with Gasteiger partial charge in [0, 0.05) is 0 Å². The summed E-state index contributed by atoms with van der Waals surface area (Å²) in [7, 11) is 0. The highest BCUT2D eigenvalue weighted by Gasteiger charge is 2.16. The van der Waals surface area contributed by atoms with Crippen LogP contribution in [0.4, 0.5) is 4.79 Å². The fourth-order valence-electron chi connectivity index (χ4n) is 0.506. The van der Waals surface area contributed by atoms with Gasteiger partial charge in [0.2, 0.25) is 0 Å². The lowest BCUT2D eigenvalue weighted by Crippen LogP contribution is -2.49. The number of primary amides is 1. The highest BCUT2D eigenvalue weighted by molar-refractivity contribution is 5.78. The summed E-state index contributed by atoms with van der Waals surface area (Å²) in [5.74, 6) is -0.818. The molecule has 2 amide bonds. The van der Waals surface area contributed by atoms with Gasteiger partial charge in [0.15, 0.2) is 6.61 Å². The van der Waals surface area contributed by atoms with Gasteiger partial charge in [-0.3, -0.25) is 10.1 Å². The number of ether oxygens (including phenoxy) is 1. The van der Waals surface area contributed by atoms with E-state index >= 15 is 0 Å². The Balaban J connectivity index is 3.76. The van der Waals surface area contributed by atoms with Crippen LogP contribution in [0.3, 0.4) is 0 Å². The number of hydrogen-bond donors (Lipinski definition) is 5. The van der Waals surface area contributed by atoms with E-state index < -0.39 is 37.5 Å². The predicted molar refractivity (Wildman–Crippen MR) is 44.7 cm³/mol. The van der Waals surface area contributed by atoms with Crippen molar-refractivity contribution in [3.05, 3.63) is 0 Å². The van der Waals surface area contributed by atoms with E-state index in [1.165, 1.54) is 0 Å². The van der Waals surface area contributed by atoms with E-state index in [2.05, 4.69) is 10.5 Å². The van der Waals surface area contributed by atoms with E-state index in [1.807, 2.05) is 5.32 Å². The maximum Gasteiger partial charge on any atom is 0.409 e. The first-order chi connectivity index (χ1) is 6.47. The van der Waals surface area contributed by atoms with E-state index in [9.17, 15) is 9.59 Å². The molecule has 0 aromatic heterocycles. The van der Waals surface area contributed by atoms with Gasteiger partial charge in [-0.15, -0.1) is 0 Å². The Morgan fingerprint density at radius 2 is 2.07 bits per heavy atom. The van der Waals surface area contributed by atoms with Crippen LogP contribution < -0.4 is 16.8 Å². The third kappa shape index (κ3) is 5.30. The first-order valence-electron chi connectivity index (χ1n) is 3.73. The van der Waals surface area contributed by atoms with E-state index in [4.69, 9.17) is 15.9 Å². The van der Waals surface area contributed by atoms with Gasteiger partial charge < -0.3 is 26.4 Å². The molecule has 2 unspecified atom stereocenters. The fraction of sp³-hybridized carbons (Fsp3) is 0.667. The van der Waals surface area contributed by atoms with Crippen LogP contribution in [0.15, 0.2) is 0 Å². The van der Waals surface area contributed by atoms with Gasteiger partial charge in [0.1, 0.15) is 6.23 Å². The van der Waals surface area contributed by atoms with Gasteiger partial charge in [-0.05, 0) is 0 Å². The van der Waals surface area contributed by atoms with Crippen molar-refractivity contribution in [1.82, 2.24) is 5.32 Å². The molecule has 0 bridgehead atoms. The highest BCUT2D eigenvalue weighted by atomic mass is 16.6. The zero-order valence-corrected chi connectivity index (χ0v) is 7.34. The van der Waals surface area contributed by atoms with Crippen LogP contribution in [0.5, 0.6) is 0 Å². The Labute approximate surface area is 79.8 Å². The smallest absolute Gasteiger partial charge is 0.409 e. The minimum absolute atomic E-state index is 0.503. The van der Waals surface area contributed by atoms with Crippen molar-refractivity contribution in [3.63, 3.8) is 0 Å². The molecule has 0 fully saturated rings. The third-order valence-electron chi connectivity index (χ3n) is 1.23. The van der Waals surface area contributed by atoms with Crippen LogP contribution in [0.1, 0.15) is 0 Å². The van der Waals surface area contributed by atoms with Crippen LogP contribution in [-0.2, 0) is 9.53 Å². The second kappa shape index (κ2) is 6.13.